The molecule has 1 aliphatic rings. The molecule has 21 heavy (non-hydrogen) atoms. The van der Waals surface area contributed by atoms with Crippen molar-refractivity contribution < 1.29 is 14.7 Å². The Morgan fingerprint density at radius 3 is 2.81 bits per heavy atom. The van der Waals surface area contributed by atoms with Crippen LogP contribution in [0.4, 0.5) is 0 Å². The molecule has 1 fully saturated rings. The van der Waals surface area contributed by atoms with Crippen LogP contribution >= 0.6 is 0 Å². The fourth-order valence-corrected chi connectivity index (χ4v) is 2.84. The van der Waals surface area contributed by atoms with Gasteiger partial charge < -0.3 is 10.0 Å². The van der Waals surface area contributed by atoms with Gasteiger partial charge in [-0.05, 0) is 30.9 Å². The number of hydrogen-bond acceptors (Lipinski definition) is 3. The van der Waals surface area contributed by atoms with Crippen molar-refractivity contribution in [2.75, 3.05) is 13.1 Å². The lowest BCUT2D eigenvalue weighted by atomic mass is 9.93. The van der Waals surface area contributed by atoms with E-state index >= 15 is 0 Å². The van der Waals surface area contributed by atoms with E-state index in [0.717, 1.165) is 23.7 Å². The monoisotopic (exact) mass is 287 g/mol. The molecule has 0 saturated carbocycles. The average molecular weight is 287 g/mol. The fourth-order valence-electron chi connectivity index (χ4n) is 2.84. The Kier molecular flexibility index (Phi) is 3.60. The van der Waals surface area contributed by atoms with Gasteiger partial charge in [0.05, 0.1) is 11.7 Å². The number of hydrogen-bond donors (Lipinski definition) is 2. The van der Waals surface area contributed by atoms with Crippen LogP contribution in [0.15, 0.2) is 24.4 Å². The quantitative estimate of drug-likeness (QED) is 0.902. The van der Waals surface area contributed by atoms with Crippen LogP contribution in [0.2, 0.25) is 0 Å². The molecule has 0 bridgehead atoms. The molecule has 0 spiro atoms. The highest BCUT2D eigenvalue weighted by Crippen LogP contribution is 2.22. The Morgan fingerprint density at radius 2 is 2.10 bits per heavy atom. The summed E-state index contributed by atoms with van der Waals surface area (Å²) in [6.07, 6.45) is 3.43. The van der Waals surface area contributed by atoms with Gasteiger partial charge in [-0.2, -0.15) is 5.10 Å². The molecule has 2 aromatic rings. The number of aliphatic carboxylic acids is 1. The van der Waals surface area contributed by atoms with Gasteiger partial charge >= 0.3 is 5.97 Å². The Bertz CT molecular complexity index is 672. The molecule has 1 saturated heterocycles. The molecule has 0 aliphatic carbocycles. The Balaban J connectivity index is 1.67. The van der Waals surface area contributed by atoms with Crippen molar-refractivity contribution in [3.63, 3.8) is 0 Å². The molecule has 0 unspecified atom stereocenters. The van der Waals surface area contributed by atoms with E-state index < -0.39 is 5.97 Å². The van der Waals surface area contributed by atoms with E-state index in [2.05, 4.69) is 10.2 Å². The SMILES string of the molecule is O=C(O)CC1CCN(C(=O)c2ccc3cn[nH]c3c2)CC1. The normalized spacial score (nSPS) is 16.3. The minimum Gasteiger partial charge on any atom is -0.481 e. The number of aromatic nitrogens is 2. The largest absolute Gasteiger partial charge is 0.481 e. The third kappa shape index (κ3) is 2.89. The number of carbonyl (C=O) groups excluding carboxylic acids is 1. The van der Waals surface area contributed by atoms with Crippen LogP contribution < -0.4 is 0 Å². The molecular weight excluding hydrogens is 270 g/mol. The number of likely N-dealkylation sites (tertiary alicyclic amines) is 1. The Labute approximate surface area is 121 Å². The summed E-state index contributed by atoms with van der Waals surface area (Å²) in [6.45, 7) is 1.25. The first-order valence-electron chi connectivity index (χ1n) is 7.07. The Hall–Kier alpha value is -2.37. The van der Waals surface area contributed by atoms with Crippen LogP contribution in [0.25, 0.3) is 10.9 Å². The topological polar surface area (TPSA) is 86.3 Å². The summed E-state index contributed by atoms with van der Waals surface area (Å²) in [5.74, 6) is -0.577. The van der Waals surface area contributed by atoms with E-state index in [1.54, 1.807) is 11.1 Å². The van der Waals surface area contributed by atoms with Gasteiger partial charge in [-0.3, -0.25) is 14.7 Å². The second-order valence-electron chi connectivity index (χ2n) is 5.51. The van der Waals surface area contributed by atoms with E-state index in [1.165, 1.54) is 0 Å². The van der Waals surface area contributed by atoms with Crippen LogP contribution in [-0.2, 0) is 4.79 Å². The van der Waals surface area contributed by atoms with E-state index in [1.807, 2.05) is 18.2 Å². The van der Waals surface area contributed by atoms with E-state index in [9.17, 15) is 9.59 Å². The lowest BCUT2D eigenvalue weighted by Gasteiger charge is -2.31. The molecule has 1 aliphatic heterocycles. The predicted molar refractivity (Wildman–Crippen MR) is 77.0 cm³/mol. The zero-order chi connectivity index (χ0) is 14.8. The first-order chi connectivity index (χ1) is 10.1. The number of rotatable bonds is 3. The summed E-state index contributed by atoms with van der Waals surface area (Å²) in [5.41, 5.74) is 1.49. The minimum absolute atomic E-state index is 0.000255. The smallest absolute Gasteiger partial charge is 0.303 e. The molecule has 110 valence electrons. The van der Waals surface area contributed by atoms with Crippen molar-refractivity contribution in [3.05, 3.63) is 30.0 Å². The molecule has 2 heterocycles. The van der Waals surface area contributed by atoms with Gasteiger partial charge in [0, 0.05) is 30.5 Å². The number of piperidine rings is 1. The van der Waals surface area contributed by atoms with E-state index in [0.29, 0.717) is 18.7 Å². The molecular formula is C15H17N3O3. The van der Waals surface area contributed by atoms with Gasteiger partial charge in [0.15, 0.2) is 0 Å². The highest BCUT2D eigenvalue weighted by molar-refractivity contribution is 5.97. The van der Waals surface area contributed by atoms with Gasteiger partial charge in [-0.1, -0.05) is 6.07 Å². The number of H-pyrrole nitrogens is 1. The molecule has 1 aromatic carbocycles. The number of fused-ring (bicyclic) bond motifs is 1. The van der Waals surface area contributed by atoms with Gasteiger partial charge in [-0.25, -0.2) is 0 Å². The molecule has 1 amide bonds. The summed E-state index contributed by atoms with van der Waals surface area (Å²) >= 11 is 0. The second kappa shape index (κ2) is 5.55. The first-order valence-corrected chi connectivity index (χ1v) is 7.07. The van der Waals surface area contributed by atoms with E-state index in [-0.39, 0.29) is 18.2 Å². The molecule has 6 heteroatoms. The van der Waals surface area contributed by atoms with Crippen molar-refractivity contribution in [3.8, 4) is 0 Å². The van der Waals surface area contributed by atoms with Crippen molar-refractivity contribution in [2.45, 2.75) is 19.3 Å². The third-order valence-electron chi connectivity index (χ3n) is 4.05. The van der Waals surface area contributed by atoms with Crippen molar-refractivity contribution in [1.82, 2.24) is 15.1 Å². The van der Waals surface area contributed by atoms with Gasteiger partial charge in [-0.15, -0.1) is 0 Å². The summed E-state index contributed by atoms with van der Waals surface area (Å²) in [6, 6.07) is 5.50. The highest BCUT2D eigenvalue weighted by atomic mass is 16.4. The maximum atomic E-state index is 12.5. The summed E-state index contributed by atoms with van der Waals surface area (Å²) < 4.78 is 0. The Morgan fingerprint density at radius 1 is 1.33 bits per heavy atom. The zero-order valence-electron chi connectivity index (χ0n) is 11.6. The zero-order valence-corrected chi connectivity index (χ0v) is 11.6. The molecule has 3 rings (SSSR count). The van der Waals surface area contributed by atoms with Crippen LogP contribution in [0.5, 0.6) is 0 Å². The summed E-state index contributed by atoms with van der Waals surface area (Å²) in [5, 5.41) is 16.6. The number of aromatic amines is 1. The minimum atomic E-state index is -0.760. The number of carbonyl (C=O) groups is 2. The molecule has 1 aromatic heterocycles. The number of nitrogens with zero attached hydrogens (tertiary/aromatic N) is 2. The number of carboxylic acid groups (broad SMARTS) is 1. The van der Waals surface area contributed by atoms with Crippen molar-refractivity contribution in [2.24, 2.45) is 5.92 Å². The van der Waals surface area contributed by atoms with Crippen molar-refractivity contribution in [1.29, 1.82) is 0 Å². The molecule has 0 radical (unpaired) electrons. The summed E-state index contributed by atoms with van der Waals surface area (Å²) in [4.78, 5) is 25.0. The van der Waals surface area contributed by atoms with Crippen molar-refractivity contribution >= 4 is 22.8 Å². The van der Waals surface area contributed by atoms with Gasteiger partial charge in [0.2, 0.25) is 0 Å². The van der Waals surface area contributed by atoms with Gasteiger partial charge in [0.1, 0.15) is 0 Å². The molecule has 6 nitrogen and oxygen atoms in total. The van der Waals surface area contributed by atoms with Crippen LogP contribution in [0.3, 0.4) is 0 Å². The average Bonchev–Trinajstić information content (AvgIpc) is 2.94. The number of nitrogens with one attached hydrogen (secondary N) is 1. The number of carboxylic acids is 1. The first kappa shape index (κ1) is 13.6. The van der Waals surface area contributed by atoms with Crippen LogP contribution in [0, 0.1) is 5.92 Å². The highest BCUT2D eigenvalue weighted by Gasteiger charge is 2.25. The van der Waals surface area contributed by atoms with Gasteiger partial charge in [0.25, 0.3) is 5.91 Å². The second-order valence-corrected chi connectivity index (χ2v) is 5.51. The predicted octanol–water partition coefficient (Wildman–Crippen LogP) is 1.89. The lowest BCUT2D eigenvalue weighted by Crippen LogP contribution is -2.38. The van der Waals surface area contributed by atoms with E-state index in [4.69, 9.17) is 5.11 Å². The molecule has 0 atom stereocenters. The standard InChI is InChI=1S/C15H17N3O3/c19-14(20)7-10-3-5-18(6-4-10)15(21)11-1-2-12-9-16-17-13(12)8-11/h1-2,8-10H,3-7H2,(H,16,17)(H,19,20). The third-order valence-corrected chi connectivity index (χ3v) is 4.05. The van der Waals surface area contributed by atoms with Crippen LogP contribution in [0.1, 0.15) is 29.6 Å². The maximum absolute atomic E-state index is 12.5. The molecule has 2 N–H and O–H groups in total. The van der Waals surface area contributed by atoms with Crippen LogP contribution in [-0.4, -0.2) is 45.2 Å². The lowest BCUT2D eigenvalue weighted by molar-refractivity contribution is -0.138. The summed E-state index contributed by atoms with van der Waals surface area (Å²) in [7, 11) is 0. The number of benzene rings is 1. The fraction of sp³-hybridized carbons (Fsp3) is 0.400. The maximum Gasteiger partial charge on any atom is 0.303 e. The number of amides is 1.